The first-order chi connectivity index (χ1) is 11.4. The summed E-state index contributed by atoms with van der Waals surface area (Å²) in [5, 5.41) is 10.3. The number of hydrogen-bond donors (Lipinski definition) is 0. The summed E-state index contributed by atoms with van der Waals surface area (Å²) in [6, 6.07) is 9.24. The van der Waals surface area contributed by atoms with Crippen LogP contribution in [0.4, 0.5) is 10.5 Å². The van der Waals surface area contributed by atoms with E-state index < -0.39 is 10.8 Å². The average molecular weight is 344 g/mol. The molecule has 122 valence electrons. The molecule has 0 N–H and O–H groups in total. The molecule has 3 rings (SSSR count). The fraction of sp³-hybridized carbons (Fsp3) is 0.125. The number of amides is 2. The zero-order valence-electron chi connectivity index (χ0n) is 12.6. The van der Waals surface area contributed by atoms with Crippen LogP contribution in [-0.4, -0.2) is 21.0 Å². The third kappa shape index (κ3) is 3.23. The lowest BCUT2D eigenvalue weighted by molar-refractivity contribution is -0.384. The Hall–Kier alpha value is -2.87. The Morgan fingerprint density at radius 3 is 2.50 bits per heavy atom. The van der Waals surface area contributed by atoms with Crippen LogP contribution in [0.2, 0.25) is 0 Å². The van der Waals surface area contributed by atoms with Gasteiger partial charge in [-0.2, -0.15) is 0 Å². The Labute approximate surface area is 141 Å². The lowest BCUT2D eigenvalue weighted by Gasteiger charge is -2.12. The Bertz CT molecular complexity index is 854. The molecule has 2 amide bonds. The number of nitrogens with zero attached hydrogens (tertiary/aromatic N) is 2. The van der Waals surface area contributed by atoms with E-state index in [1.165, 1.54) is 30.3 Å². The molecule has 0 unspecified atom stereocenters. The molecule has 1 fully saturated rings. The van der Waals surface area contributed by atoms with E-state index in [1.807, 2.05) is 0 Å². The Morgan fingerprint density at radius 2 is 1.92 bits per heavy atom. The maximum Gasteiger partial charge on any atom is 0.293 e. The minimum absolute atomic E-state index is 0.0408. The summed E-state index contributed by atoms with van der Waals surface area (Å²) >= 11 is 0.843. The Morgan fingerprint density at radius 1 is 1.21 bits per heavy atom. The van der Waals surface area contributed by atoms with E-state index in [9.17, 15) is 19.7 Å². The van der Waals surface area contributed by atoms with Gasteiger partial charge in [-0.25, -0.2) is 0 Å². The van der Waals surface area contributed by atoms with Crippen molar-refractivity contribution in [1.82, 2.24) is 4.90 Å². The van der Waals surface area contributed by atoms with E-state index in [2.05, 4.69) is 0 Å². The predicted octanol–water partition coefficient (Wildman–Crippen LogP) is 3.73. The fourth-order valence-electron chi connectivity index (χ4n) is 2.20. The highest BCUT2D eigenvalue weighted by atomic mass is 32.2. The maximum atomic E-state index is 12.4. The van der Waals surface area contributed by atoms with Crippen molar-refractivity contribution in [2.24, 2.45) is 0 Å². The second kappa shape index (κ2) is 6.32. The summed E-state index contributed by atoms with van der Waals surface area (Å²) in [4.78, 5) is 36.0. The van der Waals surface area contributed by atoms with Gasteiger partial charge in [0, 0.05) is 18.2 Å². The van der Waals surface area contributed by atoms with Crippen LogP contribution in [0, 0.1) is 17.0 Å². The third-order valence-corrected chi connectivity index (χ3v) is 4.30. The van der Waals surface area contributed by atoms with E-state index in [-0.39, 0.29) is 22.4 Å². The van der Waals surface area contributed by atoms with Crippen molar-refractivity contribution in [2.75, 3.05) is 0 Å². The fourth-order valence-corrected chi connectivity index (χ4v) is 3.02. The quantitative estimate of drug-likeness (QED) is 0.476. The van der Waals surface area contributed by atoms with Crippen molar-refractivity contribution in [3.05, 3.63) is 68.5 Å². The minimum atomic E-state index is -0.502. The van der Waals surface area contributed by atoms with Crippen molar-refractivity contribution >= 4 is 34.7 Å². The molecule has 1 aliphatic rings. The molecule has 1 aromatic carbocycles. The molecule has 0 bridgehead atoms. The van der Waals surface area contributed by atoms with Crippen LogP contribution in [0.15, 0.2) is 45.7 Å². The normalized spacial score (nSPS) is 16.2. The summed E-state index contributed by atoms with van der Waals surface area (Å²) < 4.78 is 5.38. The summed E-state index contributed by atoms with van der Waals surface area (Å²) in [5.74, 6) is 0.817. The molecule has 0 spiro atoms. The number of nitro groups is 1. The number of hydrogen-bond acceptors (Lipinski definition) is 6. The van der Waals surface area contributed by atoms with Gasteiger partial charge in [0.15, 0.2) is 0 Å². The molecular formula is C16H12N2O5S. The van der Waals surface area contributed by atoms with Crippen LogP contribution in [0.1, 0.15) is 17.1 Å². The first-order valence-electron chi connectivity index (χ1n) is 6.99. The smallest absolute Gasteiger partial charge is 0.293 e. The molecule has 1 aromatic heterocycles. The van der Waals surface area contributed by atoms with E-state index in [0.717, 1.165) is 16.7 Å². The SMILES string of the molecule is Cc1ccc(/C=C2/SC(=O)N(Cc3ccc([N+](=O)[O-])cc3)C2=O)o1. The van der Waals surface area contributed by atoms with E-state index in [0.29, 0.717) is 17.1 Å². The first kappa shape index (κ1) is 16.0. The number of thioether (sulfide) groups is 1. The third-order valence-electron chi connectivity index (χ3n) is 3.40. The molecule has 7 nitrogen and oxygen atoms in total. The van der Waals surface area contributed by atoms with Crippen LogP contribution < -0.4 is 0 Å². The average Bonchev–Trinajstić information content (AvgIpc) is 3.06. The van der Waals surface area contributed by atoms with Crippen LogP contribution in [0.25, 0.3) is 6.08 Å². The second-order valence-electron chi connectivity index (χ2n) is 5.14. The zero-order valence-corrected chi connectivity index (χ0v) is 13.4. The number of furan rings is 1. The summed E-state index contributed by atoms with van der Waals surface area (Å²) in [5.41, 5.74) is 0.596. The predicted molar refractivity (Wildman–Crippen MR) is 88.1 cm³/mol. The highest BCUT2D eigenvalue weighted by Crippen LogP contribution is 2.33. The Kier molecular flexibility index (Phi) is 4.22. The van der Waals surface area contributed by atoms with Gasteiger partial charge in [-0.3, -0.25) is 24.6 Å². The molecular weight excluding hydrogens is 332 g/mol. The number of non-ortho nitro benzene ring substituents is 1. The molecule has 24 heavy (non-hydrogen) atoms. The monoisotopic (exact) mass is 344 g/mol. The van der Waals surface area contributed by atoms with Crippen LogP contribution >= 0.6 is 11.8 Å². The maximum absolute atomic E-state index is 12.4. The van der Waals surface area contributed by atoms with Crippen LogP contribution in [0.3, 0.4) is 0 Å². The zero-order chi connectivity index (χ0) is 17.3. The van der Waals surface area contributed by atoms with Gasteiger partial charge in [0.2, 0.25) is 0 Å². The molecule has 1 saturated heterocycles. The number of carbonyl (C=O) groups is 2. The molecule has 0 radical (unpaired) electrons. The highest BCUT2D eigenvalue weighted by Gasteiger charge is 2.35. The number of carbonyl (C=O) groups excluding carboxylic acids is 2. The molecule has 0 atom stereocenters. The molecule has 1 aliphatic heterocycles. The summed E-state index contributed by atoms with van der Waals surface area (Å²) in [7, 11) is 0. The number of benzene rings is 1. The lowest BCUT2D eigenvalue weighted by Crippen LogP contribution is -2.27. The number of aryl methyl sites for hydroxylation is 1. The molecule has 8 heteroatoms. The van der Waals surface area contributed by atoms with Gasteiger partial charge in [0.05, 0.1) is 16.4 Å². The van der Waals surface area contributed by atoms with Crippen LogP contribution in [0.5, 0.6) is 0 Å². The first-order valence-corrected chi connectivity index (χ1v) is 7.81. The molecule has 0 aliphatic carbocycles. The van der Waals surface area contributed by atoms with Crippen molar-refractivity contribution in [2.45, 2.75) is 13.5 Å². The minimum Gasteiger partial charge on any atom is -0.462 e. The number of nitro benzene ring substituents is 1. The van der Waals surface area contributed by atoms with Crippen molar-refractivity contribution in [3.8, 4) is 0 Å². The number of rotatable bonds is 4. The molecule has 0 saturated carbocycles. The van der Waals surface area contributed by atoms with Gasteiger partial charge in [-0.05, 0) is 36.4 Å². The van der Waals surface area contributed by atoms with E-state index in [4.69, 9.17) is 4.42 Å². The van der Waals surface area contributed by atoms with Gasteiger partial charge < -0.3 is 4.42 Å². The standard InChI is InChI=1S/C16H12N2O5S/c1-10-2-7-13(23-10)8-14-15(19)17(16(20)24-14)9-11-3-5-12(6-4-11)18(21)22/h2-8H,9H2,1H3/b14-8+. The largest absolute Gasteiger partial charge is 0.462 e. The second-order valence-corrected chi connectivity index (χ2v) is 6.13. The van der Waals surface area contributed by atoms with Gasteiger partial charge in [0.25, 0.3) is 16.8 Å². The summed E-state index contributed by atoms with van der Waals surface area (Å²) in [6.45, 7) is 1.86. The molecule has 2 aromatic rings. The van der Waals surface area contributed by atoms with Gasteiger partial charge in [0.1, 0.15) is 11.5 Å². The van der Waals surface area contributed by atoms with E-state index >= 15 is 0 Å². The van der Waals surface area contributed by atoms with Gasteiger partial charge in [-0.1, -0.05) is 12.1 Å². The number of imide groups is 1. The van der Waals surface area contributed by atoms with Crippen LogP contribution in [-0.2, 0) is 11.3 Å². The van der Waals surface area contributed by atoms with Gasteiger partial charge in [-0.15, -0.1) is 0 Å². The Balaban J connectivity index is 1.77. The lowest BCUT2D eigenvalue weighted by atomic mass is 10.2. The van der Waals surface area contributed by atoms with Crippen molar-refractivity contribution in [3.63, 3.8) is 0 Å². The highest BCUT2D eigenvalue weighted by molar-refractivity contribution is 8.18. The molecule has 2 heterocycles. The van der Waals surface area contributed by atoms with E-state index in [1.54, 1.807) is 19.1 Å². The topological polar surface area (TPSA) is 93.7 Å². The van der Waals surface area contributed by atoms with Gasteiger partial charge >= 0.3 is 0 Å². The summed E-state index contributed by atoms with van der Waals surface area (Å²) in [6.07, 6.45) is 1.54. The van der Waals surface area contributed by atoms with Crippen molar-refractivity contribution < 1.29 is 18.9 Å². The van der Waals surface area contributed by atoms with Crippen molar-refractivity contribution in [1.29, 1.82) is 0 Å².